The number of hydrogen-bond acceptors (Lipinski definition) is 6. The van der Waals surface area contributed by atoms with E-state index in [-0.39, 0.29) is 50.3 Å². The molecule has 0 saturated heterocycles. The van der Waals surface area contributed by atoms with Gasteiger partial charge in [0.25, 0.3) is 0 Å². The minimum atomic E-state index is 0. The Morgan fingerprint density at radius 3 is 1.24 bits per heavy atom. The molecule has 0 amide bonds. The van der Waals surface area contributed by atoms with E-state index in [2.05, 4.69) is 25.2 Å². The number of unbranched alkanes of at least 4 members (excludes halogenated alkanes) is 1. The summed E-state index contributed by atoms with van der Waals surface area (Å²) < 4.78 is 0. The van der Waals surface area contributed by atoms with Gasteiger partial charge in [-0.2, -0.15) is 32.8 Å². The second-order valence-corrected chi connectivity index (χ2v) is 1.96. The van der Waals surface area contributed by atoms with Crippen LogP contribution in [0.4, 0.5) is 0 Å². The molecule has 0 saturated carbocycles. The van der Waals surface area contributed by atoms with Gasteiger partial charge in [-0.25, -0.2) is 0 Å². The molecule has 0 atom stereocenters. The van der Waals surface area contributed by atoms with Gasteiger partial charge in [-0.1, -0.05) is 13.8 Å². The maximum atomic E-state index is 7.80. The third-order valence-corrected chi connectivity index (χ3v) is 1.06. The minimum absolute atomic E-state index is 0. The number of rotatable bonds is 3. The van der Waals surface area contributed by atoms with Crippen LogP contribution in [0.1, 0.15) is 40.5 Å². The summed E-state index contributed by atoms with van der Waals surface area (Å²) in [6.45, 7) is 7.81. The monoisotopic (exact) mass is 391 g/mol. The third-order valence-electron chi connectivity index (χ3n) is 1.06. The van der Waals surface area contributed by atoms with Crippen LogP contribution in [0.15, 0.2) is 0 Å². The van der Waals surface area contributed by atoms with Gasteiger partial charge in [0, 0.05) is 50.3 Å². The second-order valence-electron chi connectivity index (χ2n) is 1.96. The molecule has 0 aliphatic rings. The van der Waals surface area contributed by atoms with E-state index < -0.39 is 0 Å². The Morgan fingerprint density at radius 2 is 1.24 bits per heavy atom. The molecule has 3 radical (unpaired) electrons. The summed E-state index contributed by atoms with van der Waals surface area (Å²) in [5.41, 5.74) is 0. The van der Waals surface area contributed by atoms with Crippen molar-refractivity contribution in [1.82, 2.24) is 0 Å². The molecule has 0 aromatic heterocycles. The molecule has 0 heterocycles. The van der Waals surface area contributed by atoms with Crippen LogP contribution < -0.4 is 0 Å². The van der Waals surface area contributed by atoms with Crippen molar-refractivity contribution in [3.63, 3.8) is 0 Å². The topological polar surface area (TPSA) is 110 Å². The summed E-state index contributed by atoms with van der Waals surface area (Å²) >= 11 is 0. The molecule has 0 aliphatic carbocycles. The molecular formula is C8H22Co3O6-2. The molecule has 0 rings (SSSR count). The Labute approximate surface area is 134 Å². The van der Waals surface area contributed by atoms with E-state index in [0.717, 1.165) is 6.42 Å². The zero-order chi connectivity index (χ0) is 12.4. The first kappa shape index (κ1) is 42.9. The summed E-state index contributed by atoms with van der Waals surface area (Å²) in [4.78, 5) is 3.82. The van der Waals surface area contributed by atoms with Crippen molar-refractivity contribution < 1.29 is 81.5 Å². The van der Waals surface area contributed by atoms with E-state index in [4.69, 9.17) is 26.3 Å². The van der Waals surface area contributed by atoms with Gasteiger partial charge in [0.05, 0.1) is 0 Å². The number of hydrogen-bond donors (Lipinski definition) is 5. The average Bonchev–Trinajstić information content (AvgIpc) is 2.33. The fraction of sp³-hybridized carbons (Fsp3) is 0.750. The summed E-state index contributed by atoms with van der Waals surface area (Å²) in [7, 11) is 0. The maximum Gasteiger partial charge on any atom is 0 e. The largest absolute Gasteiger partial charge is 0.413 e. The molecule has 119 valence electrons. The molecule has 0 aromatic rings. The summed E-state index contributed by atoms with van der Waals surface area (Å²) in [6.07, 6.45) is 4.74. The van der Waals surface area contributed by atoms with Crippen molar-refractivity contribution >= 4 is 0 Å². The van der Waals surface area contributed by atoms with E-state index in [9.17, 15) is 0 Å². The zero-order valence-corrected chi connectivity index (χ0v) is 13.3. The predicted octanol–water partition coefficient (Wildman–Crippen LogP) is 3.09. The van der Waals surface area contributed by atoms with Crippen LogP contribution in [0.3, 0.4) is 0 Å². The standard InChI is InChI=1S/C4H9O2.C4H9.3Co.2H2O2/c1-3-4(2)6-5;1-3-4-2;;;;2*1-2/h5H,3H2,1-2H3;3H,4H2,1-2H3;;;;2*1-2H/q2*-1;;;;;. The van der Waals surface area contributed by atoms with Crippen LogP contribution in [0, 0.1) is 12.5 Å². The third kappa shape index (κ3) is 102. The molecular weight excluding hydrogens is 369 g/mol. The van der Waals surface area contributed by atoms with Crippen molar-refractivity contribution in [2.24, 2.45) is 0 Å². The SMILES string of the molecule is CC[C-](C)OO.C[CH-]CC.OO.OO.[Co].[Co].[Co]. The Kier molecular flexibility index (Phi) is 169. The van der Waals surface area contributed by atoms with Crippen LogP contribution in [0.25, 0.3) is 0 Å². The van der Waals surface area contributed by atoms with Gasteiger partial charge in [-0.15, -0.1) is 0 Å². The molecule has 5 N–H and O–H groups in total. The van der Waals surface area contributed by atoms with Crippen molar-refractivity contribution in [2.45, 2.75) is 40.5 Å². The van der Waals surface area contributed by atoms with Crippen molar-refractivity contribution in [1.29, 1.82) is 0 Å². The molecule has 9 heteroatoms. The quantitative estimate of drug-likeness (QED) is 0.287. The Bertz CT molecular complexity index is 58.5. The van der Waals surface area contributed by atoms with Gasteiger partial charge in [0.15, 0.2) is 0 Å². The van der Waals surface area contributed by atoms with E-state index in [1.165, 1.54) is 6.42 Å². The Balaban J connectivity index is -0.0000000164. The van der Waals surface area contributed by atoms with Gasteiger partial charge < -0.3 is 11.3 Å². The maximum absolute atomic E-state index is 7.80. The predicted molar refractivity (Wildman–Crippen MR) is 53.7 cm³/mol. The molecule has 0 spiro atoms. The average molecular weight is 391 g/mol. The van der Waals surface area contributed by atoms with Crippen LogP contribution in [-0.2, 0) is 55.2 Å². The molecule has 0 fully saturated rings. The fourth-order valence-electron chi connectivity index (χ4n) is 0.0645. The minimum Gasteiger partial charge on any atom is -0.413 e. The smallest absolute Gasteiger partial charge is 0 e. The molecule has 0 aromatic carbocycles. The van der Waals surface area contributed by atoms with Crippen LogP contribution in [0.5, 0.6) is 0 Å². The van der Waals surface area contributed by atoms with Crippen molar-refractivity contribution in [3.8, 4) is 0 Å². The molecule has 17 heavy (non-hydrogen) atoms. The van der Waals surface area contributed by atoms with E-state index in [0.29, 0.717) is 6.10 Å². The summed E-state index contributed by atoms with van der Waals surface area (Å²) in [5.74, 6) is 0. The molecule has 0 aliphatic heterocycles. The molecule has 0 unspecified atom stereocenters. The van der Waals surface area contributed by atoms with Gasteiger partial charge in [-0.3, -0.25) is 26.3 Å². The Morgan fingerprint density at radius 1 is 1.00 bits per heavy atom. The van der Waals surface area contributed by atoms with Crippen LogP contribution >= 0.6 is 0 Å². The van der Waals surface area contributed by atoms with E-state index in [1.807, 2.05) is 6.92 Å². The van der Waals surface area contributed by atoms with Crippen molar-refractivity contribution in [2.75, 3.05) is 0 Å². The zero-order valence-electron chi connectivity index (χ0n) is 10.1. The first-order valence-corrected chi connectivity index (χ1v) is 4.04. The molecule has 6 nitrogen and oxygen atoms in total. The van der Waals surface area contributed by atoms with Gasteiger partial charge in [0.2, 0.25) is 0 Å². The first-order chi connectivity index (χ1) is 6.72. The summed E-state index contributed by atoms with van der Waals surface area (Å²) in [5, 5.41) is 31.8. The van der Waals surface area contributed by atoms with Gasteiger partial charge in [-0.05, 0) is 0 Å². The fourth-order valence-corrected chi connectivity index (χ4v) is 0.0645. The van der Waals surface area contributed by atoms with Crippen molar-refractivity contribution in [3.05, 3.63) is 12.5 Å². The molecule has 0 bridgehead atoms. The second kappa shape index (κ2) is 66.8. The van der Waals surface area contributed by atoms with Gasteiger partial charge >= 0.3 is 0 Å². The van der Waals surface area contributed by atoms with Crippen LogP contribution in [0.2, 0.25) is 0 Å². The van der Waals surface area contributed by atoms with Crippen LogP contribution in [-0.4, -0.2) is 26.3 Å². The first-order valence-electron chi connectivity index (χ1n) is 4.04. The van der Waals surface area contributed by atoms with E-state index >= 15 is 0 Å². The van der Waals surface area contributed by atoms with E-state index in [1.54, 1.807) is 6.92 Å². The summed E-state index contributed by atoms with van der Waals surface area (Å²) in [6, 6.07) is 0. The Hall–Kier alpha value is 1.28. The van der Waals surface area contributed by atoms with Gasteiger partial charge in [0.1, 0.15) is 0 Å². The normalized spacial score (nSPS) is 6.00.